The van der Waals surface area contributed by atoms with E-state index in [9.17, 15) is 14.4 Å². The summed E-state index contributed by atoms with van der Waals surface area (Å²) in [5, 5.41) is 14.4. The summed E-state index contributed by atoms with van der Waals surface area (Å²) < 4.78 is 4.77. The molecule has 1 atom stereocenters. The Morgan fingerprint density at radius 3 is 2.31 bits per heavy atom. The molecule has 0 bridgehead atoms. The number of ether oxygens (including phenoxy) is 1. The minimum atomic E-state index is -0.775. The van der Waals surface area contributed by atoms with Gasteiger partial charge in [0.05, 0.1) is 18.7 Å². The van der Waals surface area contributed by atoms with Crippen molar-refractivity contribution in [2.75, 3.05) is 25.5 Å². The van der Waals surface area contributed by atoms with E-state index in [1.165, 1.54) is 12.7 Å². The first-order chi connectivity index (χ1) is 16.7. The fourth-order valence-corrected chi connectivity index (χ4v) is 4.24. The number of nitrogens with one attached hydrogen (secondary N) is 2. The molecular formula is C27H32N4O4. The molecule has 3 amide bonds. The van der Waals surface area contributed by atoms with Gasteiger partial charge in [0.2, 0.25) is 0 Å². The molecule has 1 aliphatic rings. The van der Waals surface area contributed by atoms with E-state index in [4.69, 9.17) is 10.00 Å². The van der Waals surface area contributed by atoms with Crippen molar-refractivity contribution in [2.24, 2.45) is 5.92 Å². The summed E-state index contributed by atoms with van der Waals surface area (Å²) in [5.41, 5.74) is 3.64. The Bertz CT molecular complexity index is 1110. The van der Waals surface area contributed by atoms with Gasteiger partial charge < -0.3 is 20.3 Å². The number of urea groups is 1. The Morgan fingerprint density at radius 1 is 1.09 bits per heavy atom. The van der Waals surface area contributed by atoms with Gasteiger partial charge in [0.15, 0.2) is 0 Å². The van der Waals surface area contributed by atoms with Crippen LogP contribution in [-0.4, -0.2) is 49.0 Å². The predicted molar refractivity (Wildman–Crippen MR) is 133 cm³/mol. The van der Waals surface area contributed by atoms with Crippen LogP contribution in [0.15, 0.2) is 42.5 Å². The lowest BCUT2D eigenvalue weighted by Crippen LogP contribution is -2.46. The van der Waals surface area contributed by atoms with E-state index < -0.39 is 18.0 Å². The van der Waals surface area contributed by atoms with Gasteiger partial charge in [-0.05, 0) is 67.0 Å². The number of methoxy groups -OCH3 is 1. The maximum atomic E-state index is 13.2. The minimum absolute atomic E-state index is 0.0821. The summed E-state index contributed by atoms with van der Waals surface area (Å²) in [6, 6.07) is 13.7. The first kappa shape index (κ1) is 25.8. The van der Waals surface area contributed by atoms with E-state index in [1.807, 2.05) is 49.9 Å². The van der Waals surface area contributed by atoms with Gasteiger partial charge in [-0.25, -0.2) is 9.59 Å². The zero-order valence-corrected chi connectivity index (χ0v) is 20.6. The Morgan fingerprint density at radius 2 is 1.74 bits per heavy atom. The number of benzene rings is 2. The number of aryl methyl sites for hydroxylation is 1. The van der Waals surface area contributed by atoms with E-state index in [-0.39, 0.29) is 11.8 Å². The second kappa shape index (κ2) is 11.5. The van der Waals surface area contributed by atoms with Crippen molar-refractivity contribution in [1.82, 2.24) is 10.2 Å². The number of carbonyl (C=O) groups is 3. The molecule has 8 heteroatoms. The molecule has 0 radical (unpaired) electrons. The quantitative estimate of drug-likeness (QED) is 0.607. The maximum absolute atomic E-state index is 13.2. The van der Waals surface area contributed by atoms with Crippen LogP contribution in [-0.2, 0) is 9.53 Å². The molecule has 0 spiro atoms. The molecule has 0 aromatic heterocycles. The van der Waals surface area contributed by atoms with Crippen molar-refractivity contribution in [2.45, 2.75) is 45.6 Å². The molecule has 1 heterocycles. The summed E-state index contributed by atoms with van der Waals surface area (Å²) in [6.45, 7) is 6.74. The smallest absolute Gasteiger partial charge is 0.328 e. The molecule has 1 fully saturated rings. The monoisotopic (exact) mass is 476 g/mol. The van der Waals surface area contributed by atoms with E-state index >= 15 is 0 Å². The number of carbonyl (C=O) groups excluding carboxylic acids is 3. The number of anilines is 1. The van der Waals surface area contributed by atoms with Crippen LogP contribution >= 0.6 is 0 Å². The van der Waals surface area contributed by atoms with Crippen molar-refractivity contribution < 1.29 is 19.1 Å². The zero-order chi connectivity index (χ0) is 25.5. The van der Waals surface area contributed by atoms with Gasteiger partial charge >= 0.3 is 12.0 Å². The average molecular weight is 477 g/mol. The molecule has 2 N–H and O–H groups in total. The van der Waals surface area contributed by atoms with Gasteiger partial charge in [0.25, 0.3) is 5.91 Å². The van der Waals surface area contributed by atoms with Crippen LogP contribution in [0, 0.1) is 24.2 Å². The molecule has 0 aliphatic carbocycles. The van der Waals surface area contributed by atoms with Crippen molar-refractivity contribution in [3.63, 3.8) is 0 Å². The third-order valence-corrected chi connectivity index (χ3v) is 6.43. The number of amides is 3. The lowest BCUT2D eigenvalue weighted by Gasteiger charge is -2.32. The van der Waals surface area contributed by atoms with Gasteiger partial charge in [-0.15, -0.1) is 0 Å². The molecule has 1 aliphatic heterocycles. The van der Waals surface area contributed by atoms with Crippen LogP contribution in [0.5, 0.6) is 0 Å². The Kier molecular flexibility index (Phi) is 8.48. The van der Waals surface area contributed by atoms with Gasteiger partial charge in [0.1, 0.15) is 6.04 Å². The highest BCUT2D eigenvalue weighted by molar-refractivity contribution is 5.98. The number of hydrogen-bond acceptors (Lipinski definition) is 5. The number of esters is 1. The van der Waals surface area contributed by atoms with Crippen LogP contribution in [0.1, 0.15) is 59.7 Å². The van der Waals surface area contributed by atoms with Gasteiger partial charge in [-0.3, -0.25) is 4.79 Å². The Hall–Kier alpha value is -3.86. The van der Waals surface area contributed by atoms with Crippen LogP contribution in [0.25, 0.3) is 0 Å². The fourth-order valence-electron chi connectivity index (χ4n) is 4.24. The first-order valence-corrected chi connectivity index (χ1v) is 11.8. The number of nitriles is 1. The number of piperidine rings is 1. The molecule has 8 nitrogen and oxygen atoms in total. The molecule has 2 aromatic carbocycles. The van der Waals surface area contributed by atoms with Gasteiger partial charge in [-0.2, -0.15) is 5.26 Å². The van der Waals surface area contributed by atoms with E-state index in [2.05, 4.69) is 16.7 Å². The Balaban J connectivity index is 1.63. The third kappa shape index (κ3) is 6.38. The Labute approximate surface area is 206 Å². The molecule has 1 saturated heterocycles. The van der Waals surface area contributed by atoms with Crippen molar-refractivity contribution in [3.05, 3.63) is 64.7 Å². The van der Waals surface area contributed by atoms with E-state index in [0.29, 0.717) is 35.8 Å². The summed E-state index contributed by atoms with van der Waals surface area (Å²) in [5.74, 6) is -0.384. The normalized spacial score (nSPS) is 14.7. The second-order valence-electron chi connectivity index (χ2n) is 9.17. The summed E-state index contributed by atoms with van der Waals surface area (Å²) in [6.07, 6.45) is 1.70. The van der Waals surface area contributed by atoms with Crippen LogP contribution in [0.3, 0.4) is 0 Å². The number of nitrogens with zero attached hydrogens (tertiary/aromatic N) is 2. The largest absolute Gasteiger partial charge is 0.467 e. The molecule has 184 valence electrons. The highest BCUT2D eigenvalue weighted by atomic mass is 16.5. The molecule has 3 rings (SSSR count). The second-order valence-corrected chi connectivity index (χ2v) is 9.17. The number of rotatable bonds is 6. The molecular weight excluding hydrogens is 444 g/mol. The van der Waals surface area contributed by atoms with Crippen molar-refractivity contribution in [1.29, 1.82) is 5.26 Å². The fraction of sp³-hybridized carbons (Fsp3) is 0.407. The molecule has 0 saturated carbocycles. The van der Waals surface area contributed by atoms with Crippen LogP contribution < -0.4 is 10.6 Å². The summed E-state index contributed by atoms with van der Waals surface area (Å²) >= 11 is 0. The maximum Gasteiger partial charge on any atom is 0.328 e. The van der Waals surface area contributed by atoms with Gasteiger partial charge in [0, 0.05) is 24.3 Å². The molecule has 35 heavy (non-hydrogen) atoms. The highest BCUT2D eigenvalue weighted by Crippen LogP contribution is 2.29. The first-order valence-electron chi connectivity index (χ1n) is 11.8. The van der Waals surface area contributed by atoms with Crippen LogP contribution in [0.2, 0.25) is 0 Å². The zero-order valence-electron chi connectivity index (χ0n) is 20.6. The third-order valence-electron chi connectivity index (χ3n) is 6.43. The lowest BCUT2D eigenvalue weighted by atomic mass is 9.89. The van der Waals surface area contributed by atoms with Crippen LogP contribution in [0.4, 0.5) is 10.5 Å². The van der Waals surface area contributed by atoms with Crippen molar-refractivity contribution in [3.8, 4) is 6.07 Å². The predicted octanol–water partition coefficient (Wildman–Crippen LogP) is 4.21. The topological polar surface area (TPSA) is 112 Å². The minimum Gasteiger partial charge on any atom is -0.467 e. The van der Waals surface area contributed by atoms with E-state index in [0.717, 1.165) is 18.4 Å². The summed E-state index contributed by atoms with van der Waals surface area (Å²) in [4.78, 5) is 39.5. The standard InChI is InChI=1S/C27H32N4O4/c1-17(2)24(26(33)35-4)30-27(34)29-23-15-22(8-5-18(23)3)25(32)31-13-11-21(12-14-31)20-9-6-19(16-28)7-10-20/h5-10,15,17,21,24H,11-14H2,1-4H3,(H2,29,30,34)/t24-/m0/s1. The SMILES string of the molecule is COC(=O)[C@@H](NC(=O)Nc1cc(C(=O)N2CCC(c3ccc(C#N)cc3)CC2)ccc1C)C(C)C. The number of hydrogen-bond donors (Lipinski definition) is 2. The van der Waals surface area contributed by atoms with E-state index in [1.54, 1.807) is 18.2 Å². The lowest BCUT2D eigenvalue weighted by molar-refractivity contribution is -0.143. The molecule has 0 unspecified atom stereocenters. The van der Waals surface area contributed by atoms with Gasteiger partial charge in [-0.1, -0.05) is 32.0 Å². The molecule has 2 aromatic rings. The average Bonchev–Trinajstić information content (AvgIpc) is 2.87. The number of likely N-dealkylation sites (tertiary alicyclic amines) is 1. The van der Waals surface area contributed by atoms with Crippen molar-refractivity contribution >= 4 is 23.6 Å². The highest BCUT2D eigenvalue weighted by Gasteiger charge is 2.27. The summed E-state index contributed by atoms with van der Waals surface area (Å²) in [7, 11) is 1.28.